The van der Waals surface area contributed by atoms with Gasteiger partial charge in [0.1, 0.15) is 0 Å². The second-order valence-electron chi connectivity index (χ2n) is 6.11. The van der Waals surface area contributed by atoms with E-state index in [4.69, 9.17) is 0 Å². The minimum atomic E-state index is 0.826. The van der Waals surface area contributed by atoms with E-state index in [9.17, 15) is 0 Å². The molecule has 2 heterocycles. The van der Waals surface area contributed by atoms with E-state index < -0.39 is 0 Å². The number of benzene rings is 1. The van der Waals surface area contributed by atoms with Crippen molar-refractivity contribution in [2.75, 3.05) is 18.0 Å². The Labute approximate surface area is 109 Å². The van der Waals surface area contributed by atoms with Gasteiger partial charge in [0.2, 0.25) is 0 Å². The lowest BCUT2D eigenvalue weighted by molar-refractivity contribution is 0.280. The molecule has 1 saturated carbocycles. The zero-order valence-electron chi connectivity index (χ0n) is 11.0. The number of hydrogen-bond acceptors (Lipinski definition) is 2. The van der Waals surface area contributed by atoms with Crippen LogP contribution >= 0.6 is 0 Å². The van der Waals surface area contributed by atoms with E-state index in [1.54, 1.807) is 11.3 Å². The first-order chi connectivity index (χ1) is 8.93. The summed E-state index contributed by atoms with van der Waals surface area (Å²) in [5.74, 6) is 0.916. The van der Waals surface area contributed by atoms with Gasteiger partial charge in [-0.05, 0) is 36.3 Å². The van der Waals surface area contributed by atoms with E-state index in [0.717, 1.165) is 25.0 Å². The molecule has 1 N–H and O–H groups in total. The van der Waals surface area contributed by atoms with E-state index in [1.807, 2.05) is 0 Å². The van der Waals surface area contributed by atoms with Crippen LogP contribution in [0.3, 0.4) is 0 Å². The number of anilines is 1. The standard InChI is InChI=1S/C16H22N2/c1-2-7-15-12(4-1)10-13-5-3-6-14-11-17-8-9-18(15)16(13)14/h3,5-6,12,15,17H,1-2,4,7-11H2. The molecule has 2 aliphatic heterocycles. The van der Waals surface area contributed by atoms with Gasteiger partial charge in [-0.1, -0.05) is 31.0 Å². The molecule has 2 atom stereocenters. The number of nitrogens with zero attached hydrogens (tertiary/aromatic N) is 1. The fourth-order valence-electron chi connectivity index (χ4n) is 4.31. The molecule has 18 heavy (non-hydrogen) atoms. The Balaban J connectivity index is 1.82. The summed E-state index contributed by atoms with van der Waals surface area (Å²) in [6, 6.07) is 7.75. The van der Waals surface area contributed by atoms with Crippen molar-refractivity contribution in [2.45, 2.75) is 44.7 Å². The maximum atomic E-state index is 3.58. The number of nitrogens with one attached hydrogen (secondary N) is 1. The highest BCUT2D eigenvalue weighted by molar-refractivity contribution is 5.63. The van der Waals surface area contributed by atoms with Gasteiger partial charge >= 0.3 is 0 Å². The molecule has 1 fully saturated rings. The molecule has 0 aromatic heterocycles. The van der Waals surface area contributed by atoms with Gasteiger partial charge in [-0.3, -0.25) is 0 Å². The zero-order valence-corrected chi connectivity index (χ0v) is 11.0. The predicted octanol–water partition coefficient (Wildman–Crippen LogP) is 2.71. The number of rotatable bonds is 0. The predicted molar refractivity (Wildman–Crippen MR) is 74.9 cm³/mol. The van der Waals surface area contributed by atoms with Crippen molar-refractivity contribution >= 4 is 5.69 Å². The van der Waals surface area contributed by atoms with Crippen LogP contribution in [-0.2, 0) is 13.0 Å². The molecule has 4 rings (SSSR count). The topological polar surface area (TPSA) is 15.3 Å². The van der Waals surface area contributed by atoms with Crippen LogP contribution in [0.5, 0.6) is 0 Å². The Morgan fingerprint density at radius 1 is 1.11 bits per heavy atom. The highest BCUT2D eigenvalue weighted by atomic mass is 15.2. The van der Waals surface area contributed by atoms with Gasteiger partial charge in [0, 0.05) is 31.4 Å². The second kappa shape index (κ2) is 4.27. The van der Waals surface area contributed by atoms with E-state index in [1.165, 1.54) is 44.2 Å². The van der Waals surface area contributed by atoms with Crippen molar-refractivity contribution < 1.29 is 0 Å². The average molecular weight is 242 g/mol. The van der Waals surface area contributed by atoms with Gasteiger partial charge < -0.3 is 10.2 Å². The molecular weight excluding hydrogens is 220 g/mol. The molecule has 2 heteroatoms. The van der Waals surface area contributed by atoms with Crippen LogP contribution in [-0.4, -0.2) is 19.1 Å². The molecule has 0 amide bonds. The Morgan fingerprint density at radius 2 is 2.00 bits per heavy atom. The first-order valence-corrected chi connectivity index (χ1v) is 7.51. The summed E-state index contributed by atoms with van der Waals surface area (Å²) in [6.07, 6.45) is 7.06. The van der Waals surface area contributed by atoms with Gasteiger partial charge in [0.15, 0.2) is 0 Å². The van der Waals surface area contributed by atoms with E-state index in [-0.39, 0.29) is 0 Å². The molecule has 2 nitrogen and oxygen atoms in total. The normalized spacial score (nSPS) is 30.3. The molecule has 96 valence electrons. The Kier molecular flexibility index (Phi) is 2.58. The van der Waals surface area contributed by atoms with Crippen LogP contribution in [0.25, 0.3) is 0 Å². The molecule has 0 radical (unpaired) electrons. The van der Waals surface area contributed by atoms with Crippen molar-refractivity contribution in [3.05, 3.63) is 29.3 Å². The zero-order chi connectivity index (χ0) is 11.9. The van der Waals surface area contributed by atoms with Crippen LogP contribution in [0, 0.1) is 5.92 Å². The largest absolute Gasteiger partial charge is 0.366 e. The molecule has 1 aromatic rings. The maximum Gasteiger partial charge on any atom is 0.0447 e. The highest BCUT2D eigenvalue weighted by Gasteiger charge is 2.37. The first-order valence-electron chi connectivity index (χ1n) is 7.51. The second-order valence-corrected chi connectivity index (χ2v) is 6.11. The lowest BCUT2D eigenvalue weighted by Crippen LogP contribution is -2.48. The van der Waals surface area contributed by atoms with Crippen LogP contribution in [0.1, 0.15) is 36.8 Å². The Bertz CT molecular complexity index is 454. The Morgan fingerprint density at radius 3 is 3.00 bits per heavy atom. The molecule has 1 aliphatic carbocycles. The lowest BCUT2D eigenvalue weighted by Gasteiger charge is -2.46. The molecule has 0 spiro atoms. The highest BCUT2D eigenvalue weighted by Crippen LogP contribution is 2.42. The number of fused-ring (bicyclic) bond motifs is 2. The summed E-state index contributed by atoms with van der Waals surface area (Å²) >= 11 is 0. The smallest absolute Gasteiger partial charge is 0.0447 e. The summed E-state index contributed by atoms with van der Waals surface area (Å²) in [7, 11) is 0. The molecule has 0 saturated heterocycles. The van der Waals surface area contributed by atoms with Crippen molar-refractivity contribution in [3.8, 4) is 0 Å². The molecule has 3 aliphatic rings. The van der Waals surface area contributed by atoms with Gasteiger partial charge in [0.25, 0.3) is 0 Å². The van der Waals surface area contributed by atoms with Crippen molar-refractivity contribution in [1.82, 2.24) is 5.32 Å². The Hall–Kier alpha value is -1.02. The van der Waals surface area contributed by atoms with Gasteiger partial charge in [-0.15, -0.1) is 0 Å². The summed E-state index contributed by atoms with van der Waals surface area (Å²) in [4.78, 5) is 2.75. The summed E-state index contributed by atoms with van der Waals surface area (Å²) in [5.41, 5.74) is 4.72. The first kappa shape index (κ1) is 10.9. The van der Waals surface area contributed by atoms with E-state index >= 15 is 0 Å². The van der Waals surface area contributed by atoms with Crippen LogP contribution < -0.4 is 10.2 Å². The summed E-state index contributed by atoms with van der Waals surface area (Å²) < 4.78 is 0. The van der Waals surface area contributed by atoms with Crippen LogP contribution in [0.4, 0.5) is 5.69 Å². The van der Waals surface area contributed by atoms with Crippen LogP contribution in [0.15, 0.2) is 18.2 Å². The lowest BCUT2D eigenvalue weighted by atomic mass is 9.76. The van der Waals surface area contributed by atoms with Crippen molar-refractivity contribution in [2.24, 2.45) is 5.92 Å². The fourth-order valence-corrected chi connectivity index (χ4v) is 4.31. The third-order valence-corrected chi connectivity index (χ3v) is 5.09. The molecular formula is C16H22N2. The minimum absolute atomic E-state index is 0.826. The van der Waals surface area contributed by atoms with Crippen molar-refractivity contribution in [1.29, 1.82) is 0 Å². The molecule has 0 bridgehead atoms. The maximum absolute atomic E-state index is 3.58. The monoisotopic (exact) mass is 242 g/mol. The summed E-state index contributed by atoms with van der Waals surface area (Å²) in [5, 5.41) is 3.58. The minimum Gasteiger partial charge on any atom is -0.366 e. The van der Waals surface area contributed by atoms with Crippen molar-refractivity contribution in [3.63, 3.8) is 0 Å². The fraction of sp³-hybridized carbons (Fsp3) is 0.625. The molecule has 1 aromatic carbocycles. The third-order valence-electron chi connectivity index (χ3n) is 5.09. The number of para-hydroxylation sites is 1. The van der Waals surface area contributed by atoms with Gasteiger partial charge in [-0.25, -0.2) is 0 Å². The van der Waals surface area contributed by atoms with E-state index in [2.05, 4.69) is 28.4 Å². The number of hydrogen-bond donors (Lipinski definition) is 1. The average Bonchev–Trinajstić information content (AvgIpc) is 2.63. The van der Waals surface area contributed by atoms with E-state index in [0.29, 0.717) is 0 Å². The van der Waals surface area contributed by atoms with Gasteiger partial charge in [0.05, 0.1) is 0 Å². The van der Waals surface area contributed by atoms with Gasteiger partial charge in [-0.2, -0.15) is 0 Å². The van der Waals surface area contributed by atoms with Crippen LogP contribution in [0.2, 0.25) is 0 Å². The quantitative estimate of drug-likeness (QED) is 0.752. The SMILES string of the molecule is c1cc2c3c(c1)CC1CCCCC1N3CCNC2. The summed E-state index contributed by atoms with van der Waals surface area (Å²) in [6.45, 7) is 3.39. The molecule has 2 unspecified atom stereocenters. The third kappa shape index (κ3) is 1.58.